The molecule has 0 radical (unpaired) electrons. The Morgan fingerprint density at radius 1 is 0.253 bits per heavy atom. The molecule has 0 aliphatic carbocycles. The van der Waals surface area contributed by atoms with Crippen LogP contribution in [0, 0.1) is 0 Å². The summed E-state index contributed by atoms with van der Waals surface area (Å²) in [6.07, 6.45) is 0. The lowest BCUT2D eigenvalue weighted by Crippen LogP contribution is -2.05. The second kappa shape index (κ2) is 17.3. The van der Waals surface area contributed by atoms with Crippen molar-refractivity contribution in [2.24, 2.45) is 0 Å². The molecule has 0 unspecified atom stereocenters. The molecule has 0 amide bonds. The van der Waals surface area contributed by atoms with Gasteiger partial charge in [0.1, 0.15) is 0 Å². The van der Waals surface area contributed by atoms with Crippen LogP contribution in [-0.4, -0.2) is 23.7 Å². The van der Waals surface area contributed by atoms with Gasteiger partial charge in [-0.1, -0.05) is 212 Å². The smallest absolute Gasteiger partial charge is 0.160 e. The predicted molar refractivity (Wildman–Crippen MR) is 312 cm³/mol. The van der Waals surface area contributed by atoms with Crippen LogP contribution in [0.4, 0.5) is 0 Å². The van der Waals surface area contributed by atoms with Crippen molar-refractivity contribution in [3.8, 4) is 73.2 Å². The van der Waals surface area contributed by atoms with Gasteiger partial charge < -0.3 is 13.7 Å². The van der Waals surface area contributed by atoms with Crippen LogP contribution in [0.5, 0.6) is 0 Å². The van der Waals surface area contributed by atoms with E-state index in [0.29, 0.717) is 5.82 Å². The number of nitrogens with zero attached hydrogens (tertiary/aromatic N) is 5. The summed E-state index contributed by atoms with van der Waals surface area (Å²) < 4.78 is 7.30. The SMILES string of the molecule is c1ccc(-c2nc(-c3cccc(-c4ccccc4)c3-n3c4ccccc4c4ccccc43)cc(-c3c(-c4ccccc4)cccc3-n3c4ccccc4c4cc(-n5c6ccccc6c6ccccc65)ccc43)n2)cc1. The molecular weight excluding hydrogens is 911 g/mol. The fourth-order valence-electron chi connectivity index (χ4n) is 11.8. The Hall–Kier alpha value is -10.1. The maximum atomic E-state index is 5.66. The summed E-state index contributed by atoms with van der Waals surface area (Å²) in [6.45, 7) is 0. The number of aromatic nitrogens is 5. The molecule has 75 heavy (non-hydrogen) atoms. The van der Waals surface area contributed by atoms with Crippen molar-refractivity contribution in [3.63, 3.8) is 0 Å². The molecule has 0 aliphatic heterocycles. The average Bonchev–Trinajstić information content (AvgIpc) is 4.14. The van der Waals surface area contributed by atoms with Gasteiger partial charge in [0.15, 0.2) is 5.82 Å². The minimum atomic E-state index is 0.647. The number of hydrogen-bond acceptors (Lipinski definition) is 2. The quantitative estimate of drug-likeness (QED) is 0.152. The highest BCUT2D eigenvalue weighted by Crippen LogP contribution is 2.46. The molecule has 15 aromatic rings. The average molecular weight is 956 g/mol. The largest absolute Gasteiger partial charge is 0.309 e. The summed E-state index contributed by atoms with van der Waals surface area (Å²) in [4.78, 5) is 11.3. The summed E-state index contributed by atoms with van der Waals surface area (Å²) in [5.41, 5.74) is 19.0. The minimum absolute atomic E-state index is 0.647. The van der Waals surface area contributed by atoms with Gasteiger partial charge in [-0.3, -0.25) is 0 Å². The molecule has 0 N–H and O–H groups in total. The van der Waals surface area contributed by atoms with Crippen molar-refractivity contribution in [1.82, 2.24) is 23.7 Å². The van der Waals surface area contributed by atoms with Crippen molar-refractivity contribution in [3.05, 3.63) is 273 Å². The Kier molecular flexibility index (Phi) is 9.82. The van der Waals surface area contributed by atoms with Crippen molar-refractivity contribution >= 4 is 65.4 Å². The Labute approximate surface area is 433 Å². The van der Waals surface area contributed by atoms with Gasteiger partial charge in [0.05, 0.1) is 55.9 Å². The monoisotopic (exact) mass is 955 g/mol. The molecule has 0 saturated carbocycles. The highest BCUT2D eigenvalue weighted by molar-refractivity contribution is 6.14. The van der Waals surface area contributed by atoms with E-state index >= 15 is 0 Å². The first kappa shape index (κ1) is 42.6. The molecule has 11 aromatic carbocycles. The lowest BCUT2D eigenvalue weighted by molar-refractivity contribution is 1.14. The van der Waals surface area contributed by atoms with Gasteiger partial charge in [-0.15, -0.1) is 0 Å². The van der Waals surface area contributed by atoms with E-state index in [-0.39, 0.29) is 0 Å². The van der Waals surface area contributed by atoms with Gasteiger partial charge in [-0.2, -0.15) is 0 Å². The van der Waals surface area contributed by atoms with Crippen LogP contribution in [0.15, 0.2) is 273 Å². The third kappa shape index (κ3) is 6.79. The van der Waals surface area contributed by atoms with Crippen LogP contribution >= 0.6 is 0 Å². The maximum absolute atomic E-state index is 5.66. The Balaban J connectivity index is 1.03. The van der Waals surface area contributed by atoms with Gasteiger partial charge in [-0.05, 0) is 77.4 Å². The molecule has 0 bridgehead atoms. The van der Waals surface area contributed by atoms with E-state index in [4.69, 9.17) is 9.97 Å². The van der Waals surface area contributed by atoms with E-state index in [9.17, 15) is 0 Å². The summed E-state index contributed by atoms with van der Waals surface area (Å²) in [6, 6.07) is 98.2. The van der Waals surface area contributed by atoms with Gasteiger partial charge in [0.2, 0.25) is 0 Å². The lowest BCUT2D eigenvalue weighted by Gasteiger charge is -2.21. The second-order valence-electron chi connectivity index (χ2n) is 19.3. The third-order valence-corrected chi connectivity index (χ3v) is 15.1. The zero-order chi connectivity index (χ0) is 49.4. The summed E-state index contributed by atoms with van der Waals surface area (Å²) >= 11 is 0. The van der Waals surface area contributed by atoms with Crippen LogP contribution in [0.2, 0.25) is 0 Å². The van der Waals surface area contributed by atoms with Gasteiger partial charge in [0, 0.05) is 60.3 Å². The van der Waals surface area contributed by atoms with Crippen LogP contribution in [0.1, 0.15) is 0 Å². The van der Waals surface area contributed by atoms with Crippen molar-refractivity contribution in [2.75, 3.05) is 0 Å². The van der Waals surface area contributed by atoms with E-state index in [2.05, 4.69) is 287 Å². The zero-order valence-corrected chi connectivity index (χ0v) is 40.7. The van der Waals surface area contributed by atoms with E-state index in [1.165, 1.54) is 43.4 Å². The first-order valence-corrected chi connectivity index (χ1v) is 25.6. The molecule has 0 atom stereocenters. The lowest BCUT2D eigenvalue weighted by atomic mass is 9.93. The molecule has 5 heteroatoms. The standard InChI is InChI=1S/C70H45N5/c1-4-22-46(23-5-1)50-33-21-41-67(74-63-38-17-14-32-56(63)58-44-49(42-43-66(58)74)73-61-36-15-10-28-52(61)53-29-11-16-37-62(53)73)68(50)60-45-59(71-70(72-60)48-26-8-3-9-27-48)57-35-20-34-51(47-24-6-2-7-25-47)69(57)75-64-39-18-12-30-54(64)55-31-13-19-40-65(55)75/h1-45H. The van der Waals surface area contributed by atoms with E-state index in [0.717, 1.165) is 89.5 Å². The molecule has 4 aromatic heterocycles. The molecule has 0 fully saturated rings. The summed E-state index contributed by atoms with van der Waals surface area (Å²) in [5.74, 6) is 0.647. The first-order valence-electron chi connectivity index (χ1n) is 25.6. The van der Waals surface area contributed by atoms with Crippen molar-refractivity contribution in [1.29, 1.82) is 0 Å². The fraction of sp³-hybridized carbons (Fsp3) is 0. The molecule has 4 heterocycles. The number of benzene rings is 11. The number of hydrogen-bond donors (Lipinski definition) is 0. The molecule has 15 rings (SSSR count). The van der Waals surface area contributed by atoms with Gasteiger partial charge in [-0.25, -0.2) is 9.97 Å². The van der Waals surface area contributed by atoms with E-state index in [1.807, 2.05) is 0 Å². The normalized spacial score (nSPS) is 11.7. The maximum Gasteiger partial charge on any atom is 0.160 e. The highest BCUT2D eigenvalue weighted by Gasteiger charge is 2.25. The van der Waals surface area contributed by atoms with E-state index < -0.39 is 0 Å². The number of rotatable bonds is 8. The molecule has 0 spiro atoms. The van der Waals surface area contributed by atoms with Gasteiger partial charge in [0.25, 0.3) is 0 Å². The molecule has 350 valence electrons. The Bertz CT molecular complexity index is 4590. The first-order chi connectivity index (χ1) is 37.2. The zero-order valence-electron chi connectivity index (χ0n) is 40.7. The Morgan fingerprint density at radius 3 is 1.24 bits per heavy atom. The molecule has 5 nitrogen and oxygen atoms in total. The van der Waals surface area contributed by atoms with Crippen LogP contribution < -0.4 is 0 Å². The minimum Gasteiger partial charge on any atom is -0.309 e. The van der Waals surface area contributed by atoms with Crippen LogP contribution in [0.25, 0.3) is 139 Å². The Morgan fingerprint density at radius 2 is 0.667 bits per heavy atom. The van der Waals surface area contributed by atoms with Gasteiger partial charge >= 0.3 is 0 Å². The van der Waals surface area contributed by atoms with Crippen LogP contribution in [-0.2, 0) is 0 Å². The molecule has 0 saturated heterocycles. The fourth-order valence-corrected chi connectivity index (χ4v) is 11.8. The summed E-state index contributed by atoms with van der Waals surface area (Å²) in [5, 5.41) is 7.23. The molecular formula is C70H45N5. The summed E-state index contributed by atoms with van der Waals surface area (Å²) in [7, 11) is 0. The van der Waals surface area contributed by atoms with Crippen molar-refractivity contribution in [2.45, 2.75) is 0 Å². The highest BCUT2D eigenvalue weighted by atomic mass is 15.0. The second-order valence-corrected chi connectivity index (χ2v) is 19.3. The van der Waals surface area contributed by atoms with E-state index in [1.54, 1.807) is 0 Å². The molecule has 0 aliphatic rings. The predicted octanol–water partition coefficient (Wildman–Crippen LogP) is 18.1. The van der Waals surface area contributed by atoms with Crippen LogP contribution in [0.3, 0.4) is 0 Å². The number of fused-ring (bicyclic) bond motifs is 9. The third-order valence-electron chi connectivity index (χ3n) is 15.1. The number of para-hydroxylation sites is 6. The topological polar surface area (TPSA) is 40.6 Å². The van der Waals surface area contributed by atoms with Crippen molar-refractivity contribution < 1.29 is 0 Å².